The molecule has 2 aromatic carbocycles. The summed E-state index contributed by atoms with van der Waals surface area (Å²) in [5, 5.41) is 3.38. The average Bonchev–Trinajstić information content (AvgIpc) is 2.56. The van der Waals surface area contributed by atoms with Crippen molar-refractivity contribution in [1.82, 2.24) is 0 Å². The Labute approximate surface area is 152 Å². The smallest absolute Gasteiger partial charge is 0.237 e. The van der Waals surface area contributed by atoms with Crippen molar-refractivity contribution < 1.29 is 9.53 Å². The lowest BCUT2D eigenvalue weighted by molar-refractivity contribution is -0.115. The fourth-order valence-corrected chi connectivity index (χ4v) is 2.97. The monoisotopic (exact) mass is 363 g/mol. The number of benzene rings is 2. The van der Waals surface area contributed by atoms with Crippen molar-refractivity contribution >= 4 is 35.0 Å². The second kappa shape index (κ2) is 9.00. The van der Waals surface area contributed by atoms with Crippen molar-refractivity contribution in [2.45, 2.75) is 26.0 Å². The van der Waals surface area contributed by atoms with Crippen LogP contribution in [0.2, 0.25) is 5.02 Å². The van der Waals surface area contributed by atoms with Gasteiger partial charge in [-0.2, -0.15) is 0 Å². The van der Waals surface area contributed by atoms with Gasteiger partial charge >= 0.3 is 0 Å². The molecule has 0 bridgehead atoms. The first-order valence-electron chi connectivity index (χ1n) is 7.84. The molecule has 0 aliphatic carbocycles. The molecular formula is C19H22ClNO2S. The summed E-state index contributed by atoms with van der Waals surface area (Å²) in [6.07, 6.45) is 0. The quantitative estimate of drug-likeness (QED) is 0.696. The summed E-state index contributed by atoms with van der Waals surface area (Å²) < 4.78 is 5.67. The topological polar surface area (TPSA) is 38.3 Å². The van der Waals surface area contributed by atoms with Crippen molar-refractivity contribution in [2.75, 3.05) is 17.7 Å². The molecule has 0 aliphatic heterocycles. The summed E-state index contributed by atoms with van der Waals surface area (Å²) >= 11 is 7.54. The molecule has 2 aromatic rings. The number of ether oxygens (including phenoxy) is 1. The maximum Gasteiger partial charge on any atom is 0.237 e. The van der Waals surface area contributed by atoms with Gasteiger partial charge in [0, 0.05) is 16.5 Å². The van der Waals surface area contributed by atoms with Gasteiger partial charge in [-0.3, -0.25) is 4.79 Å². The van der Waals surface area contributed by atoms with Crippen LogP contribution in [0.4, 0.5) is 5.69 Å². The lowest BCUT2D eigenvalue weighted by atomic mass is 10.2. The van der Waals surface area contributed by atoms with Crippen LogP contribution >= 0.6 is 23.4 Å². The first-order chi connectivity index (χ1) is 11.5. The van der Waals surface area contributed by atoms with Crippen molar-refractivity contribution in [3.63, 3.8) is 0 Å². The largest absolute Gasteiger partial charge is 0.493 e. The zero-order valence-electron chi connectivity index (χ0n) is 14.1. The zero-order valence-corrected chi connectivity index (χ0v) is 15.7. The molecule has 24 heavy (non-hydrogen) atoms. The molecule has 0 radical (unpaired) electrons. The van der Waals surface area contributed by atoms with Gasteiger partial charge in [0.1, 0.15) is 5.75 Å². The van der Waals surface area contributed by atoms with Crippen LogP contribution in [0, 0.1) is 13.8 Å². The molecule has 0 aromatic heterocycles. The van der Waals surface area contributed by atoms with Crippen LogP contribution in [0.25, 0.3) is 0 Å². The second-order valence-electron chi connectivity index (χ2n) is 5.62. The second-order valence-corrected chi connectivity index (χ2v) is 7.51. The molecule has 2 rings (SSSR count). The van der Waals surface area contributed by atoms with Gasteiger partial charge in [-0.1, -0.05) is 35.4 Å². The fourth-order valence-electron chi connectivity index (χ4n) is 2.06. The highest BCUT2D eigenvalue weighted by Crippen LogP contribution is 2.22. The predicted molar refractivity (Wildman–Crippen MR) is 103 cm³/mol. The van der Waals surface area contributed by atoms with Crippen LogP contribution in [0.3, 0.4) is 0 Å². The Morgan fingerprint density at radius 1 is 1.21 bits per heavy atom. The molecular weight excluding hydrogens is 342 g/mol. The molecule has 5 heteroatoms. The Morgan fingerprint density at radius 2 is 1.92 bits per heavy atom. The molecule has 0 fully saturated rings. The van der Waals surface area contributed by atoms with Crippen molar-refractivity contribution in [3.05, 3.63) is 58.6 Å². The number of anilines is 1. The van der Waals surface area contributed by atoms with E-state index in [4.69, 9.17) is 16.3 Å². The van der Waals surface area contributed by atoms with E-state index in [1.54, 1.807) is 17.8 Å². The third-order valence-electron chi connectivity index (χ3n) is 3.57. The van der Waals surface area contributed by atoms with Crippen molar-refractivity contribution in [1.29, 1.82) is 0 Å². The number of carbonyl (C=O) groups is 1. The summed E-state index contributed by atoms with van der Waals surface area (Å²) in [6.45, 7) is 6.45. The van der Waals surface area contributed by atoms with Gasteiger partial charge in [0.2, 0.25) is 5.91 Å². The molecule has 0 spiro atoms. The molecule has 0 aliphatic rings. The van der Waals surface area contributed by atoms with Crippen LogP contribution in [-0.4, -0.2) is 23.5 Å². The fraction of sp³-hybridized carbons (Fsp3) is 0.316. The standard InChI is InChI=1S/C19H22ClNO2S/c1-13-4-8-17(9-5-13)23-10-11-24-15(3)19(22)21-18-12-16(20)7-6-14(18)2/h4-9,12,15H,10-11H2,1-3H3,(H,21,22). The van der Waals surface area contributed by atoms with E-state index in [0.29, 0.717) is 11.6 Å². The van der Waals surface area contributed by atoms with Gasteiger partial charge in [-0.15, -0.1) is 11.8 Å². The van der Waals surface area contributed by atoms with Gasteiger partial charge < -0.3 is 10.1 Å². The minimum absolute atomic E-state index is 0.0271. The third kappa shape index (κ3) is 5.77. The number of hydrogen-bond acceptors (Lipinski definition) is 3. The maximum absolute atomic E-state index is 12.3. The lowest BCUT2D eigenvalue weighted by Crippen LogP contribution is -2.23. The van der Waals surface area contributed by atoms with Crippen LogP contribution in [0.5, 0.6) is 5.75 Å². The molecule has 1 unspecified atom stereocenters. The lowest BCUT2D eigenvalue weighted by Gasteiger charge is -2.14. The van der Waals surface area contributed by atoms with E-state index in [9.17, 15) is 4.79 Å². The van der Waals surface area contributed by atoms with Crippen LogP contribution < -0.4 is 10.1 Å². The average molecular weight is 364 g/mol. The van der Waals surface area contributed by atoms with Crippen LogP contribution in [0.15, 0.2) is 42.5 Å². The van der Waals surface area contributed by atoms with Crippen LogP contribution in [-0.2, 0) is 4.79 Å². The highest BCUT2D eigenvalue weighted by Gasteiger charge is 2.14. The van der Waals surface area contributed by atoms with E-state index < -0.39 is 0 Å². The number of thioether (sulfide) groups is 1. The number of aryl methyl sites for hydroxylation is 2. The van der Waals surface area contributed by atoms with Crippen molar-refractivity contribution in [2.24, 2.45) is 0 Å². The normalized spacial score (nSPS) is 11.8. The maximum atomic E-state index is 12.3. The van der Waals surface area contributed by atoms with Gasteiger partial charge in [-0.25, -0.2) is 0 Å². The Hall–Kier alpha value is -1.65. The van der Waals surface area contributed by atoms with Gasteiger partial charge in [0.25, 0.3) is 0 Å². The molecule has 1 N–H and O–H groups in total. The summed E-state index contributed by atoms with van der Waals surface area (Å²) in [5.41, 5.74) is 2.96. The third-order valence-corrected chi connectivity index (χ3v) is 4.92. The van der Waals surface area contributed by atoms with E-state index in [1.807, 2.05) is 57.2 Å². The molecule has 1 atom stereocenters. The van der Waals surface area contributed by atoms with Crippen molar-refractivity contribution in [3.8, 4) is 5.75 Å². The van der Waals surface area contributed by atoms with E-state index in [1.165, 1.54) is 5.56 Å². The minimum Gasteiger partial charge on any atom is -0.493 e. The first kappa shape index (κ1) is 18.7. The summed E-state index contributed by atoms with van der Waals surface area (Å²) in [4.78, 5) is 12.3. The number of hydrogen-bond donors (Lipinski definition) is 1. The number of nitrogens with one attached hydrogen (secondary N) is 1. The first-order valence-corrected chi connectivity index (χ1v) is 9.26. The zero-order chi connectivity index (χ0) is 17.5. The van der Waals surface area contributed by atoms with Gasteiger partial charge in [-0.05, 0) is 50.6 Å². The minimum atomic E-state index is -0.162. The summed E-state index contributed by atoms with van der Waals surface area (Å²) in [6, 6.07) is 13.4. The molecule has 0 saturated carbocycles. The van der Waals surface area contributed by atoms with Gasteiger partial charge in [0.05, 0.1) is 11.9 Å². The summed E-state index contributed by atoms with van der Waals surface area (Å²) in [7, 11) is 0. The Balaban J connectivity index is 1.75. The highest BCUT2D eigenvalue weighted by atomic mass is 35.5. The highest BCUT2D eigenvalue weighted by molar-refractivity contribution is 8.00. The Kier molecular flexibility index (Phi) is 7.00. The number of rotatable bonds is 7. The number of amides is 1. The summed E-state index contributed by atoms with van der Waals surface area (Å²) in [5.74, 6) is 1.57. The molecule has 128 valence electrons. The number of halogens is 1. The molecule has 0 heterocycles. The van der Waals surface area contributed by atoms with Gasteiger partial charge in [0.15, 0.2) is 0 Å². The molecule has 0 saturated heterocycles. The Bertz CT molecular complexity index is 688. The van der Waals surface area contributed by atoms with Crippen LogP contribution in [0.1, 0.15) is 18.1 Å². The molecule has 1 amide bonds. The van der Waals surface area contributed by atoms with E-state index in [0.717, 1.165) is 22.8 Å². The van der Waals surface area contributed by atoms with E-state index in [2.05, 4.69) is 5.32 Å². The van der Waals surface area contributed by atoms with E-state index >= 15 is 0 Å². The van der Waals surface area contributed by atoms with E-state index in [-0.39, 0.29) is 11.2 Å². The Morgan fingerprint density at radius 3 is 2.62 bits per heavy atom. The number of carbonyl (C=O) groups excluding carboxylic acids is 1. The molecule has 3 nitrogen and oxygen atoms in total. The predicted octanol–water partition coefficient (Wildman–Crippen LogP) is 5.10. The SMILES string of the molecule is Cc1ccc(OCCSC(C)C(=O)Nc2cc(Cl)ccc2C)cc1.